The standard InChI is InChI=1S/C19H23N3O3/c1-12-9-15(23)8-7-14(12)11-17(18(21)24)22-19(25)16(20)10-13-5-3-2-4-6-13/h2-9,16-17,23H,10-11,20H2,1H3,(H2,21,24)(H,22,25)/t16-,17-/m0/s1. The van der Waals surface area contributed by atoms with Gasteiger partial charge < -0.3 is 21.9 Å². The van der Waals surface area contributed by atoms with E-state index in [1.54, 1.807) is 12.1 Å². The molecule has 2 aromatic carbocycles. The highest BCUT2D eigenvalue weighted by molar-refractivity contribution is 5.89. The molecule has 0 bridgehead atoms. The number of hydrogen-bond donors (Lipinski definition) is 4. The van der Waals surface area contributed by atoms with Crippen LogP contribution >= 0.6 is 0 Å². The number of benzene rings is 2. The maximum atomic E-state index is 12.3. The number of primary amides is 1. The van der Waals surface area contributed by atoms with Crippen LogP contribution in [0.1, 0.15) is 16.7 Å². The number of phenolic OH excluding ortho intramolecular Hbond substituents is 1. The number of nitrogens with two attached hydrogens (primary N) is 2. The highest BCUT2D eigenvalue weighted by atomic mass is 16.3. The van der Waals surface area contributed by atoms with Gasteiger partial charge >= 0.3 is 0 Å². The summed E-state index contributed by atoms with van der Waals surface area (Å²) in [5.41, 5.74) is 13.9. The van der Waals surface area contributed by atoms with Gasteiger partial charge in [0.2, 0.25) is 11.8 Å². The third-order valence-electron chi connectivity index (χ3n) is 4.05. The average molecular weight is 341 g/mol. The molecule has 0 fully saturated rings. The van der Waals surface area contributed by atoms with Crippen LogP contribution in [0.25, 0.3) is 0 Å². The summed E-state index contributed by atoms with van der Waals surface area (Å²) < 4.78 is 0. The monoisotopic (exact) mass is 341 g/mol. The van der Waals surface area contributed by atoms with Crippen LogP contribution in [0.4, 0.5) is 0 Å². The second-order valence-corrected chi connectivity index (χ2v) is 6.07. The third kappa shape index (κ3) is 5.32. The third-order valence-corrected chi connectivity index (χ3v) is 4.05. The minimum atomic E-state index is -0.863. The van der Waals surface area contributed by atoms with Gasteiger partial charge in [0.25, 0.3) is 0 Å². The first-order valence-corrected chi connectivity index (χ1v) is 8.04. The number of hydrogen-bond acceptors (Lipinski definition) is 4. The molecule has 132 valence electrons. The number of phenols is 1. The Labute approximate surface area is 146 Å². The Hall–Kier alpha value is -2.86. The lowest BCUT2D eigenvalue weighted by molar-refractivity contribution is -0.128. The summed E-state index contributed by atoms with van der Waals surface area (Å²) in [5.74, 6) is -0.914. The number of amides is 2. The van der Waals surface area contributed by atoms with Gasteiger partial charge in [-0.3, -0.25) is 9.59 Å². The summed E-state index contributed by atoms with van der Waals surface area (Å²) >= 11 is 0. The van der Waals surface area contributed by atoms with Crippen LogP contribution in [0, 0.1) is 6.92 Å². The van der Waals surface area contributed by atoms with Crippen molar-refractivity contribution in [2.45, 2.75) is 31.8 Å². The largest absolute Gasteiger partial charge is 0.508 e. The molecule has 6 heteroatoms. The van der Waals surface area contributed by atoms with E-state index < -0.39 is 23.9 Å². The second kappa shape index (κ2) is 8.30. The minimum absolute atomic E-state index is 0.144. The van der Waals surface area contributed by atoms with Gasteiger partial charge in [0.15, 0.2) is 0 Å². The van der Waals surface area contributed by atoms with Crippen LogP contribution in [-0.4, -0.2) is 29.0 Å². The summed E-state index contributed by atoms with van der Waals surface area (Å²) in [6.45, 7) is 1.82. The highest BCUT2D eigenvalue weighted by Gasteiger charge is 2.23. The average Bonchev–Trinajstić information content (AvgIpc) is 2.57. The normalized spacial score (nSPS) is 13.0. The van der Waals surface area contributed by atoms with Crippen molar-refractivity contribution in [2.24, 2.45) is 11.5 Å². The molecule has 25 heavy (non-hydrogen) atoms. The number of rotatable bonds is 7. The van der Waals surface area contributed by atoms with Crippen molar-refractivity contribution in [2.75, 3.05) is 0 Å². The van der Waals surface area contributed by atoms with Gasteiger partial charge in [0.05, 0.1) is 6.04 Å². The molecule has 0 aromatic heterocycles. The molecule has 0 unspecified atom stereocenters. The fourth-order valence-corrected chi connectivity index (χ4v) is 2.59. The number of aryl methyl sites for hydroxylation is 1. The first kappa shape index (κ1) is 18.5. The topological polar surface area (TPSA) is 118 Å². The maximum absolute atomic E-state index is 12.3. The summed E-state index contributed by atoms with van der Waals surface area (Å²) in [4.78, 5) is 24.0. The van der Waals surface area contributed by atoms with Crippen molar-refractivity contribution in [3.8, 4) is 5.75 Å². The fraction of sp³-hybridized carbons (Fsp3) is 0.263. The van der Waals surface area contributed by atoms with Crippen molar-refractivity contribution < 1.29 is 14.7 Å². The Morgan fingerprint density at radius 3 is 2.40 bits per heavy atom. The molecule has 0 saturated carbocycles. The SMILES string of the molecule is Cc1cc(O)ccc1C[C@H](NC(=O)[C@@H](N)Cc1ccccc1)C(N)=O. The molecule has 0 aliphatic heterocycles. The van der Waals surface area contributed by atoms with E-state index in [0.29, 0.717) is 6.42 Å². The predicted molar refractivity (Wildman–Crippen MR) is 95.8 cm³/mol. The second-order valence-electron chi connectivity index (χ2n) is 6.07. The smallest absolute Gasteiger partial charge is 0.240 e. The van der Waals surface area contributed by atoms with Crippen molar-refractivity contribution in [1.82, 2.24) is 5.32 Å². The van der Waals surface area contributed by atoms with Crippen LogP contribution in [0.5, 0.6) is 5.75 Å². The zero-order valence-corrected chi connectivity index (χ0v) is 14.1. The van der Waals surface area contributed by atoms with Crippen molar-refractivity contribution in [3.05, 3.63) is 65.2 Å². The molecule has 6 N–H and O–H groups in total. The number of nitrogens with one attached hydrogen (secondary N) is 1. The van der Waals surface area contributed by atoms with Crippen molar-refractivity contribution in [1.29, 1.82) is 0 Å². The number of carbonyl (C=O) groups is 2. The highest BCUT2D eigenvalue weighted by Crippen LogP contribution is 2.17. The van der Waals surface area contributed by atoms with Crippen molar-refractivity contribution >= 4 is 11.8 Å². The maximum Gasteiger partial charge on any atom is 0.240 e. The van der Waals surface area contributed by atoms with E-state index in [9.17, 15) is 14.7 Å². The molecule has 0 heterocycles. The van der Waals surface area contributed by atoms with Crippen LogP contribution in [0.3, 0.4) is 0 Å². The lowest BCUT2D eigenvalue weighted by Crippen LogP contribution is -2.52. The Kier molecular flexibility index (Phi) is 6.14. The van der Waals surface area contributed by atoms with Gasteiger partial charge in [-0.15, -0.1) is 0 Å². The van der Waals surface area contributed by atoms with Gasteiger partial charge in [-0.25, -0.2) is 0 Å². The molecule has 0 saturated heterocycles. The molecule has 2 amide bonds. The molecule has 2 atom stereocenters. The summed E-state index contributed by atoms with van der Waals surface area (Å²) in [6, 6.07) is 12.6. The van der Waals surface area contributed by atoms with Crippen LogP contribution in [-0.2, 0) is 22.4 Å². The fourth-order valence-electron chi connectivity index (χ4n) is 2.59. The van der Waals surface area contributed by atoms with Gasteiger partial charge in [-0.2, -0.15) is 0 Å². The first-order valence-electron chi connectivity index (χ1n) is 8.04. The Morgan fingerprint density at radius 1 is 1.12 bits per heavy atom. The minimum Gasteiger partial charge on any atom is -0.508 e. The molecule has 0 aliphatic rings. The number of carbonyl (C=O) groups excluding carboxylic acids is 2. The zero-order valence-electron chi connectivity index (χ0n) is 14.1. The van der Waals surface area contributed by atoms with Gasteiger partial charge in [-0.05, 0) is 42.2 Å². The van der Waals surface area contributed by atoms with E-state index in [2.05, 4.69) is 5.32 Å². The predicted octanol–water partition coefficient (Wildman–Crippen LogP) is 0.783. The molecular formula is C19H23N3O3. The van der Waals surface area contributed by atoms with Gasteiger partial charge in [0, 0.05) is 6.42 Å². The molecule has 2 rings (SSSR count). The van der Waals surface area contributed by atoms with E-state index in [-0.39, 0.29) is 12.2 Å². The Balaban J connectivity index is 2.02. The van der Waals surface area contributed by atoms with Crippen LogP contribution < -0.4 is 16.8 Å². The molecule has 0 spiro atoms. The van der Waals surface area contributed by atoms with Crippen molar-refractivity contribution in [3.63, 3.8) is 0 Å². The lowest BCUT2D eigenvalue weighted by atomic mass is 9.99. The number of aromatic hydroxyl groups is 1. The zero-order chi connectivity index (χ0) is 18.4. The van der Waals surface area contributed by atoms with E-state index in [0.717, 1.165) is 16.7 Å². The molecule has 0 aliphatic carbocycles. The van der Waals surface area contributed by atoms with E-state index in [1.807, 2.05) is 37.3 Å². The lowest BCUT2D eigenvalue weighted by Gasteiger charge is -2.19. The van der Waals surface area contributed by atoms with Crippen LogP contribution in [0.15, 0.2) is 48.5 Å². The summed E-state index contributed by atoms with van der Waals surface area (Å²) in [6.07, 6.45) is 0.613. The van der Waals surface area contributed by atoms with E-state index in [1.165, 1.54) is 6.07 Å². The Bertz CT molecular complexity index is 747. The molecule has 6 nitrogen and oxygen atoms in total. The Morgan fingerprint density at radius 2 is 1.80 bits per heavy atom. The van der Waals surface area contributed by atoms with Gasteiger partial charge in [-0.1, -0.05) is 36.4 Å². The molecule has 0 radical (unpaired) electrons. The first-order chi connectivity index (χ1) is 11.9. The quantitative estimate of drug-likeness (QED) is 0.595. The van der Waals surface area contributed by atoms with E-state index in [4.69, 9.17) is 11.5 Å². The van der Waals surface area contributed by atoms with Gasteiger partial charge in [0.1, 0.15) is 11.8 Å². The molecular weight excluding hydrogens is 318 g/mol. The summed E-state index contributed by atoms with van der Waals surface area (Å²) in [7, 11) is 0. The summed E-state index contributed by atoms with van der Waals surface area (Å²) in [5, 5.41) is 12.1. The van der Waals surface area contributed by atoms with Crippen LogP contribution in [0.2, 0.25) is 0 Å². The van der Waals surface area contributed by atoms with E-state index >= 15 is 0 Å². The molecule has 2 aromatic rings.